The number of carbonyl (C=O) groups is 1. The van der Waals surface area contributed by atoms with Crippen LogP contribution in [0.25, 0.3) is 11.1 Å². The SMILES string of the molecule is O=C(OCC1c2ccccc2-c2ccccc21)N(C1CCCCC1)C1CCCCC1. The number of rotatable bonds is 4. The molecule has 0 atom stereocenters. The van der Waals surface area contributed by atoms with Crippen molar-refractivity contribution in [2.45, 2.75) is 82.2 Å². The van der Waals surface area contributed by atoms with Gasteiger partial charge in [0.25, 0.3) is 0 Å². The Bertz CT molecular complexity index is 816. The molecular weight excluding hydrogens is 370 g/mol. The van der Waals surface area contributed by atoms with Crippen molar-refractivity contribution in [3.63, 3.8) is 0 Å². The lowest BCUT2D eigenvalue weighted by Crippen LogP contribution is -2.49. The van der Waals surface area contributed by atoms with Crippen LogP contribution >= 0.6 is 0 Å². The number of hydrogen-bond acceptors (Lipinski definition) is 2. The third kappa shape index (κ3) is 3.75. The minimum Gasteiger partial charge on any atom is -0.448 e. The number of benzene rings is 2. The second-order valence-electron chi connectivity index (χ2n) is 9.29. The Balaban J connectivity index is 1.34. The van der Waals surface area contributed by atoms with Crippen molar-refractivity contribution in [1.82, 2.24) is 4.90 Å². The zero-order valence-corrected chi connectivity index (χ0v) is 17.9. The molecule has 3 nitrogen and oxygen atoms in total. The molecule has 0 radical (unpaired) electrons. The predicted molar refractivity (Wildman–Crippen MR) is 121 cm³/mol. The van der Waals surface area contributed by atoms with E-state index in [1.54, 1.807) is 0 Å². The van der Waals surface area contributed by atoms with Crippen LogP contribution in [0.15, 0.2) is 48.5 Å². The van der Waals surface area contributed by atoms with Crippen molar-refractivity contribution in [2.24, 2.45) is 0 Å². The predicted octanol–water partition coefficient (Wildman–Crippen LogP) is 6.90. The zero-order valence-electron chi connectivity index (χ0n) is 17.9. The molecule has 2 aromatic carbocycles. The molecular formula is C27H33NO2. The molecule has 0 N–H and O–H groups in total. The van der Waals surface area contributed by atoms with Gasteiger partial charge in [-0.3, -0.25) is 0 Å². The summed E-state index contributed by atoms with van der Waals surface area (Å²) in [6.07, 6.45) is 12.1. The molecule has 0 aliphatic heterocycles. The average molecular weight is 404 g/mol. The van der Waals surface area contributed by atoms with E-state index < -0.39 is 0 Å². The fourth-order valence-electron chi connectivity index (χ4n) is 5.98. The molecule has 0 heterocycles. The molecule has 2 saturated carbocycles. The maximum Gasteiger partial charge on any atom is 0.410 e. The number of hydrogen-bond donors (Lipinski definition) is 0. The van der Waals surface area contributed by atoms with E-state index in [1.165, 1.54) is 60.8 Å². The summed E-state index contributed by atoms with van der Waals surface area (Å²) in [5, 5.41) is 0. The Morgan fingerprint density at radius 3 is 1.70 bits per heavy atom. The van der Waals surface area contributed by atoms with E-state index in [0.717, 1.165) is 25.7 Å². The first-order chi connectivity index (χ1) is 14.8. The van der Waals surface area contributed by atoms with Crippen LogP contribution < -0.4 is 0 Å². The highest BCUT2D eigenvalue weighted by Crippen LogP contribution is 2.44. The second kappa shape index (κ2) is 8.83. The number of nitrogens with zero attached hydrogens (tertiary/aromatic N) is 1. The highest BCUT2D eigenvalue weighted by Gasteiger charge is 2.35. The molecule has 30 heavy (non-hydrogen) atoms. The zero-order chi connectivity index (χ0) is 20.3. The number of ether oxygens (including phenoxy) is 1. The van der Waals surface area contributed by atoms with Gasteiger partial charge in [-0.25, -0.2) is 4.79 Å². The van der Waals surface area contributed by atoms with E-state index >= 15 is 0 Å². The van der Waals surface area contributed by atoms with Gasteiger partial charge in [0.2, 0.25) is 0 Å². The third-order valence-electron chi connectivity index (χ3n) is 7.48. The van der Waals surface area contributed by atoms with Crippen molar-refractivity contribution in [3.05, 3.63) is 59.7 Å². The molecule has 2 aromatic rings. The molecule has 0 aromatic heterocycles. The first-order valence-corrected chi connectivity index (χ1v) is 12.0. The number of amides is 1. The molecule has 0 spiro atoms. The Kier molecular flexibility index (Phi) is 5.79. The molecule has 3 aliphatic rings. The van der Waals surface area contributed by atoms with Gasteiger partial charge in [0.15, 0.2) is 0 Å². The van der Waals surface area contributed by atoms with Crippen LogP contribution in [0.3, 0.4) is 0 Å². The lowest BCUT2D eigenvalue weighted by molar-refractivity contribution is 0.0443. The Morgan fingerprint density at radius 1 is 0.733 bits per heavy atom. The molecule has 0 unspecified atom stereocenters. The Hall–Kier alpha value is -2.29. The second-order valence-corrected chi connectivity index (χ2v) is 9.29. The van der Waals surface area contributed by atoms with E-state index in [0.29, 0.717) is 18.7 Å². The van der Waals surface area contributed by atoms with Crippen LogP contribution in [0.4, 0.5) is 4.79 Å². The summed E-state index contributed by atoms with van der Waals surface area (Å²) >= 11 is 0. The van der Waals surface area contributed by atoms with Crippen LogP contribution in [0, 0.1) is 0 Å². The van der Waals surface area contributed by atoms with Crippen molar-refractivity contribution >= 4 is 6.09 Å². The lowest BCUT2D eigenvalue weighted by atomic mass is 9.89. The summed E-state index contributed by atoms with van der Waals surface area (Å²) in [4.78, 5) is 15.6. The largest absolute Gasteiger partial charge is 0.448 e. The van der Waals surface area contributed by atoms with Gasteiger partial charge in [0.05, 0.1) is 0 Å². The smallest absolute Gasteiger partial charge is 0.410 e. The molecule has 5 rings (SSSR count). The minimum atomic E-state index is -0.0735. The standard InChI is InChI=1S/C27H33NO2/c29-27(28(20-11-3-1-4-12-20)21-13-5-2-6-14-21)30-19-26-24-17-9-7-15-22(24)23-16-8-10-18-25(23)26/h7-10,15-18,20-21,26H,1-6,11-14,19H2. The minimum absolute atomic E-state index is 0.0735. The highest BCUT2D eigenvalue weighted by atomic mass is 16.6. The van der Waals surface area contributed by atoms with Gasteiger partial charge in [-0.1, -0.05) is 87.1 Å². The van der Waals surface area contributed by atoms with Gasteiger partial charge >= 0.3 is 6.09 Å². The molecule has 3 aliphatic carbocycles. The number of fused-ring (bicyclic) bond motifs is 3. The maximum atomic E-state index is 13.4. The van der Waals surface area contributed by atoms with Gasteiger partial charge in [-0.05, 0) is 47.9 Å². The molecule has 0 saturated heterocycles. The molecule has 158 valence electrons. The fraction of sp³-hybridized carbons (Fsp3) is 0.519. The first kappa shape index (κ1) is 19.7. The fourth-order valence-corrected chi connectivity index (χ4v) is 5.98. The molecule has 3 heteroatoms. The summed E-state index contributed by atoms with van der Waals surface area (Å²) in [5.41, 5.74) is 5.14. The van der Waals surface area contributed by atoms with E-state index in [9.17, 15) is 4.79 Å². The third-order valence-corrected chi connectivity index (χ3v) is 7.48. The maximum absolute atomic E-state index is 13.4. The van der Waals surface area contributed by atoms with Gasteiger partial charge in [0.1, 0.15) is 6.61 Å². The highest BCUT2D eigenvalue weighted by molar-refractivity contribution is 5.79. The van der Waals surface area contributed by atoms with Crippen LogP contribution in [0.1, 0.15) is 81.3 Å². The van der Waals surface area contributed by atoms with E-state index in [4.69, 9.17) is 4.74 Å². The summed E-state index contributed by atoms with van der Waals surface area (Å²) < 4.78 is 6.10. The normalized spacial score (nSPS) is 19.9. The van der Waals surface area contributed by atoms with E-state index in [2.05, 4.69) is 53.4 Å². The van der Waals surface area contributed by atoms with Gasteiger partial charge < -0.3 is 9.64 Å². The Morgan fingerprint density at radius 2 is 1.20 bits per heavy atom. The van der Waals surface area contributed by atoms with Gasteiger partial charge in [-0.15, -0.1) is 0 Å². The van der Waals surface area contributed by atoms with Crippen molar-refractivity contribution in [3.8, 4) is 11.1 Å². The summed E-state index contributed by atoms with van der Waals surface area (Å²) in [5.74, 6) is 0.140. The molecule has 0 bridgehead atoms. The Labute approximate surface area is 180 Å². The summed E-state index contributed by atoms with van der Waals surface area (Å²) in [7, 11) is 0. The molecule has 2 fully saturated rings. The van der Waals surface area contributed by atoms with Crippen LogP contribution in [0.2, 0.25) is 0 Å². The quantitative estimate of drug-likeness (QED) is 0.555. The summed E-state index contributed by atoms with van der Waals surface area (Å²) in [6, 6.07) is 17.9. The van der Waals surface area contributed by atoms with E-state index in [-0.39, 0.29) is 12.0 Å². The number of carbonyl (C=O) groups excluding carboxylic acids is 1. The topological polar surface area (TPSA) is 29.5 Å². The van der Waals surface area contributed by atoms with Gasteiger partial charge in [-0.2, -0.15) is 0 Å². The van der Waals surface area contributed by atoms with Crippen molar-refractivity contribution < 1.29 is 9.53 Å². The monoisotopic (exact) mass is 403 g/mol. The molecule has 1 amide bonds. The first-order valence-electron chi connectivity index (χ1n) is 12.0. The van der Waals surface area contributed by atoms with E-state index in [1.807, 2.05) is 0 Å². The lowest BCUT2D eigenvalue weighted by Gasteiger charge is -2.41. The van der Waals surface area contributed by atoms with Crippen molar-refractivity contribution in [1.29, 1.82) is 0 Å². The summed E-state index contributed by atoms with van der Waals surface area (Å²) in [6.45, 7) is 0.433. The van der Waals surface area contributed by atoms with Crippen LogP contribution in [-0.2, 0) is 4.74 Å². The van der Waals surface area contributed by atoms with Crippen LogP contribution in [-0.4, -0.2) is 29.7 Å². The van der Waals surface area contributed by atoms with Crippen LogP contribution in [0.5, 0.6) is 0 Å². The average Bonchev–Trinajstić information content (AvgIpc) is 3.13. The van der Waals surface area contributed by atoms with Crippen molar-refractivity contribution in [2.75, 3.05) is 6.61 Å². The van der Waals surface area contributed by atoms with Gasteiger partial charge in [0, 0.05) is 18.0 Å².